The largest absolute Gasteiger partial charge is 0.453 e. The van der Waals surface area contributed by atoms with Crippen molar-refractivity contribution in [2.75, 3.05) is 0 Å². The summed E-state index contributed by atoms with van der Waals surface area (Å²) in [4.78, 5) is 19.7. The van der Waals surface area contributed by atoms with Gasteiger partial charge in [0.25, 0.3) is 0 Å². The zero-order valence-corrected chi connectivity index (χ0v) is 20.2. The van der Waals surface area contributed by atoms with Gasteiger partial charge in [0.15, 0.2) is 5.65 Å². The Labute approximate surface area is 207 Å². The highest BCUT2D eigenvalue weighted by Crippen LogP contribution is 2.45. The van der Waals surface area contributed by atoms with E-state index in [0.29, 0.717) is 4.91 Å². The molecule has 0 saturated heterocycles. The minimum Gasteiger partial charge on any atom is -0.453 e. The molecule has 4 aromatic rings. The first-order chi connectivity index (χ1) is 17.1. The molecule has 0 N–H and O–H groups in total. The van der Waals surface area contributed by atoms with Crippen molar-refractivity contribution >= 4 is 34.3 Å². The van der Waals surface area contributed by atoms with E-state index in [9.17, 15) is 4.79 Å². The van der Waals surface area contributed by atoms with E-state index >= 15 is 0 Å². The fraction of sp³-hybridized carbons (Fsp3) is 0.138. The molecule has 0 saturated carbocycles. The second kappa shape index (κ2) is 8.71. The van der Waals surface area contributed by atoms with Crippen LogP contribution in [0.4, 0.5) is 0 Å². The molecule has 0 bridgehead atoms. The molecule has 1 aliphatic carbocycles. The molecule has 2 unspecified atom stereocenters. The van der Waals surface area contributed by atoms with E-state index in [1.165, 1.54) is 11.8 Å². The van der Waals surface area contributed by atoms with Crippen LogP contribution in [0.25, 0.3) is 22.3 Å². The van der Waals surface area contributed by atoms with E-state index < -0.39 is 0 Å². The smallest absolute Gasteiger partial charge is 0.345 e. The van der Waals surface area contributed by atoms with Gasteiger partial charge < -0.3 is 4.74 Å². The molecule has 6 rings (SSSR count). The van der Waals surface area contributed by atoms with Gasteiger partial charge in [0, 0.05) is 22.4 Å². The lowest BCUT2D eigenvalue weighted by atomic mass is 9.82. The van der Waals surface area contributed by atoms with Gasteiger partial charge in [-0.1, -0.05) is 65.9 Å². The van der Waals surface area contributed by atoms with Gasteiger partial charge in [-0.05, 0) is 61.4 Å². The van der Waals surface area contributed by atoms with Crippen molar-refractivity contribution in [2.24, 2.45) is 5.92 Å². The zero-order chi connectivity index (χ0) is 23.9. The number of nitrogens with zero attached hydrogens (tertiary/aromatic N) is 3. The van der Waals surface area contributed by atoms with Crippen LogP contribution in [0.3, 0.4) is 0 Å². The summed E-state index contributed by atoms with van der Waals surface area (Å²) in [6.07, 6.45) is 7.71. The Morgan fingerprint density at radius 3 is 2.51 bits per heavy atom. The number of fused-ring (bicyclic) bond motifs is 2. The van der Waals surface area contributed by atoms with Gasteiger partial charge in [0.2, 0.25) is 0 Å². The highest BCUT2D eigenvalue weighted by atomic mass is 32.2. The van der Waals surface area contributed by atoms with Crippen LogP contribution >= 0.6 is 11.8 Å². The van der Waals surface area contributed by atoms with Crippen molar-refractivity contribution in [1.82, 2.24) is 14.8 Å². The molecule has 35 heavy (non-hydrogen) atoms. The van der Waals surface area contributed by atoms with E-state index in [2.05, 4.69) is 19.1 Å². The molecular weight excluding hydrogens is 454 g/mol. The number of pyridine rings is 1. The number of allylic oxidation sites excluding steroid dienone is 2. The number of benzene rings is 2. The Morgan fingerprint density at radius 2 is 1.74 bits per heavy atom. The Kier molecular flexibility index (Phi) is 5.38. The lowest BCUT2D eigenvalue weighted by molar-refractivity contribution is -0.143. The molecule has 1 aliphatic heterocycles. The molecular formula is C29H23N3O2S. The zero-order valence-electron chi connectivity index (χ0n) is 19.4. The monoisotopic (exact) mass is 477 g/mol. The van der Waals surface area contributed by atoms with Crippen LogP contribution in [0.2, 0.25) is 0 Å². The average Bonchev–Trinajstić information content (AvgIpc) is 3.22. The van der Waals surface area contributed by atoms with Crippen molar-refractivity contribution in [3.8, 4) is 5.69 Å². The van der Waals surface area contributed by atoms with E-state index in [4.69, 9.17) is 14.8 Å². The van der Waals surface area contributed by atoms with Crippen LogP contribution in [0, 0.1) is 12.8 Å². The summed E-state index contributed by atoms with van der Waals surface area (Å²) in [7, 11) is 0. The number of aromatic nitrogens is 3. The van der Waals surface area contributed by atoms with Crippen molar-refractivity contribution in [3.05, 3.63) is 113 Å². The Morgan fingerprint density at radius 1 is 1.00 bits per heavy atom. The molecule has 0 radical (unpaired) electrons. The fourth-order valence-electron chi connectivity index (χ4n) is 4.67. The van der Waals surface area contributed by atoms with E-state index in [1.54, 1.807) is 0 Å². The Hall–Kier alpha value is -3.90. The number of esters is 1. The Bertz CT molecular complexity index is 1530. The summed E-state index contributed by atoms with van der Waals surface area (Å²) in [6, 6.07) is 22.0. The van der Waals surface area contributed by atoms with Crippen molar-refractivity contribution in [3.63, 3.8) is 0 Å². The second-order valence-corrected chi connectivity index (χ2v) is 9.84. The van der Waals surface area contributed by atoms with Gasteiger partial charge in [-0.15, -0.1) is 0 Å². The first kappa shape index (κ1) is 21.6. The molecule has 2 aromatic heterocycles. The predicted octanol–water partition coefficient (Wildman–Crippen LogP) is 6.29. The summed E-state index contributed by atoms with van der Waals surface area (Å²) < 4.78 is 7.73. The van der Waals surface area contributed by atoms with Gasteiger partial charge >= 0.3 is 5.97 Å². The van der Waals surface area contributed by atoms with E-state index in [0.717, 1.165) is 44.0 Å². The van der Waals surface area contributed by atoms with Crippen LogP contribution in [-0.2, 0) is 9.53 Å². The number of para-hydroxylation sites is 1. The molecule has 6 heteroatoms. The maximum atomic E-state index is 13.2. The second-order valence-electron chi connectivity index (χ2n) is 8.75. The summed E-state index contributed by atoms with van der Waals surface area (Å²) in [5, 5.41) is 5.72. The minimum atomic E-state index is -0.329. The van der Waals surface area contributed by atoms with Crippen LogP contribution in [0.5, 0.6) is 0 Å². The summed E-state index contributed by atoms with van der Waals surface area (Å²) in [5.41, 5.74) is 5.65. The van der Waals surface area contributed by atoms with Crippen molar-refractivity contribution in [2.45, 2.75) is 24.8 Å². The third-order valence-corrected chi connectivity index (χ3v) is 7.43. The molecule has 172 valence electrons. The number of carbonyl (C=O) groups is 1. The van der Waals surface area contributed by atoms with Crippen LogP contribution < -0.4 is 0 Å². The van der Waals surface area contributed by atoms with Crippen molar-refractivity contribution in [1.29, 1.82) is 0 Å². The quantitative estimate of drug-likeness (QED) is 0.323. The highest BCUT2D eigenvalue weighted by Gasteiger charge is 2.38. The topological polar surface area (TPSA) is 57.0 Å². The number of carbonyl (C=O) groups excluding carboxylic acids is 1. The first-order valence-electron chi connectivity index (χ1n) is 11.5. The molecule has 2 aliphatic rings. The number of hydrogen-bond acceptors (Lipinski definition) is 5. The van der Waals surface area contributed by atoms with Gasteiger partial charge in [-0.2, -0.15) is 5.10 Å². The van der Waals surface area contributed by atoms with Gasteiger partial charge in [-0.3, -0.25) is 0 Å². The van der Waals surface area contributed by atoms with Crippen LogP contribution in [0.15, 0.2) is 107 Å². The average molecular weight is 478 g/mol. The fourth-order valence-corrected chi connectivity index (χ4v) is 5.69. The number of hydrogen-bond donors (Lipinski definition) is 0. The molecule has 2 aromatic carbocycles. The summed E-state index contributed by atoms with van der Waals surface area (Å²) in [5.74, 6) is -0.378. The van der Waals surface area contributed by atoms with Gasteiger partial charge in [0.1, 0.15) is 11.0 Å². The van der Waals surface area contributed by atoms with Crippen LogP contribution in [-0.4, -0.2) is 26.8 Å². The lowest BCUT2D eigenvalue weighted by Crippen LogP contribution is -2.33. The third kappa shape index (κ3) is 3.90. The first-order valence-corrected chi connectivity index (χ1v) is 12.4. The van der Waals surface area contributed by atoms with Gasteiger partial charge in [0.05, 0.1) is 11.4 Å². The maximum absolute atomic E-state index is 13.2. The number of aryl methyl sites for hydroxylation is 1. The number of rotatable bonds is 4. The SMILES string of the molecule is CC1=CC2C(c3cnc4c(c3)c(C)nn4-c3ccccc3)=C(Sc3ccccc3)C(=O)OC2C=C1. The van der Waals surface area contributed by atoms with Crippen LogP contribution in [0.1, 0.15) is 18.2 Å². The minimum absolute atomic E-state index is 0.0763. The molecule has 0 amide bonds. The molecule has 5 nitrogen and oxygen atoms in total. The summed E-state index contributed by atoms with van der Waals surface area (Å²) in [6.45, 7) is 4.06. The molecule has 3 heterocycles. The standard InChI is InChI=1S/C29H23N3O2S/c1-18-13-14-25-24(15-18)26(27(29(33)34-25)35-22-11-7-4-8-12-22)20-16-23-19(2)31-32(28(23)30-17-20)21-9-5-3-6-10-21/h3-17,24-25H,1-2H3. The Balaban J connectivity index is 1.54. The normalized spacial score (nSPS) is 19.5. The van der Waals surface area contributed by atoms with E-state index in [-0.39, 0.29) is 18.0 Å². The van der Waals surface area contributed by atoms with E-state index in [1.807, 2.05) is 90.6 Å². The number of ether oxygens (including phenoxy) is 1. The highest BCUT2D eigenvalue weighted by molar-refractivity contribution is 8.04. The van der Waals surface area contributed by atoms with Gasteiger partial charge in [-0.25, -0.2) is 14.5 Å². The summed E-state index contributed by atoms with van der Waals surface area (Å²) >= 11 is 1.45. The molecule has 0 fully saturated rings. The third-order valence-electron chi connectivity index (χ3n) is 6.33. The predicted molar refractivity (Wildman–Crippen MR) is 139 cm³/mol. The lowest BCUT2D eigenvalue weighted by Gasteiger charge is -2.33. The number of thioether (sulfide) groups is 1. The molecule has 2 atom stereocenters. The van der Waals surface area contributed by atoms with Crippen molar-refractivity contribution < 1.29 is 9.53 Å². The molecule has 0 spiro atoms. The maximum Gasteiger partial charge on any atom is 0.345 e.